The van der Waals surface area contributed by atoms with E-state index in [9.17, 15) is 9.59 Å². The SMILES string of the molecule is Cc1cccc(N2CCN([C@H](C)C(=O)N3CCN(C(=O)c4ccco4)CC3)CC2)c1C. The summed E-state index contributed by atoms with van der Waals surface area (Å²) < 4.78 is 5.21. The topological polar surface area (TPSA) is 60.2 Å². The summed E-state index contributed by atoms with van der Waals surface area (Å²) in [6.07, 6.45) is 1.51. The highest BCUT2D eigenvalue weighted by Crippen LogP contribution is 2.24. The van der Waals surface area contributed by atoms with Gasteiger partial charge in [0, 0.05) is 58.0 Å². The second-order valence-electron chi connectivity index (χ2n) is 8.51. The number of carbonyl (C=O) groups is 2. The zero-order chi connectivity index (χ0) is 22.0. The van der Waals surface area contributed by atoms with E-state index in [1.54, 1.807) is 17.0 Å². The molecule has 3 heterocycles. The monoisotopic (exact) mass is 424 g/mol. The van der Waals surface area contributed by atoms with E-state index < -0.39 is 0 Å². The number of aryl methyl sites for hydroxylation is 1. The van der Waals surface area contributed by atoms with Crippen molar-refractivity contribution >= 4 is 17.5 Å². The lowest BCUT2D eigenvalue weighted by molar-refractivity contribution is -0.138. The van der Waals surface area contributed by atoms with Gasteiger partial charge in [-0.05, 0) is 50.1 Å². The van der Waals surface area contributed by atoms with Crippen LogP contribution in [-0.2, 0) is 4.79 Å². The third kappa shape index (κ3) is 4.46. The molecule has 1 aromatic heterocycles. The lowest BCUT2D eigenvalue weighted by atomic mass is 10.1. The van der Waals surface area contributed by atoms with Gasteiger partial charge in [0.05, 0.1) is 12.3 Å². The van der Waals surface area contributed by atoms with Crippen LogP contribution in [0.25, 0.3) is 0 Å². The van der Waals surface area contributed by atoms with Crippen LogP contribution in [0, 0.1) is 13.8 Å². The predicted octanol–water partition coefficient (Wildman–Crippen LogP) is 2.39. The van der Waals surface area contributed by atoms with Gasteiger partial charge in [-0.15, -0.1) is 0 Å². The summed E-state index contributed by atoms with van der Waals surface area (Å²) >= 11 is 0. The minimum absolute atomic E-state index is 0.104. The molecule has 0 N–H and O–H groups in total. The molecule has 4 rings (SSSR count). The number of anilines is 1. The normalized spacial score (nSPS) is 18.9. The molecule has 2 amide bonds. The first-order valence-electron chi connectivity index (χ1n) is 11.1. The van der Waals surface area contributed by atoms with Gasteiger partial charge in [0.1, 0.15) is 0 Å². The standard InChI is InChI=1S/C24H32N4O3/c1-18-6-4-7-21(19(18)2)26-11-9-25(10-12-26)20(3)23(29)27-13-15-28(16-14-27)24(30)22-8-5-17-31-22/h4-8,17,20H,9-16H2,1-3H3/t20-/m1/s1. The van der Waals surface area contributed by atoms with Gasteiger partial charge in [0.15, 0.2) is 5.76 Å². The molecule has 31 heavy (non-hydrogen) atoms. The Morgan fingerprint density at radius 2 is 1.55 bits per heavy atom. The van der Waals surface area contributed by atoms with Crippen molar-refractivity contribution in [2.24, 2.45) is 0 Å². The number of piperazine rings is 2. The zero-order valence-corrected chi connectivity index (χ0v) is 18.7. The maximum atomic E-state index is 13.1. The van der Waals surface area contributed by atoms with Gasteiger partial charge in [-0.3, -0.25) is 14.5 Å². The van der Waals surface area contributed by atoms with Crippen molar-refractivity contribution < 1.29 is 14.0 Å². The van der Waals surface area contributed by atoms with Crippen molar-refractivity contribution in [2.75, 3.05) is 57.3 Å². The summed E-state index contributed by atoms with van der Waals surface area (Å²) in [5.41, 5.74) is 3.95. The number of benzene rings is 1. The second-order valence-corrected chi connectivity index (χ2v) is 8.51. The Labute approximate surface area is 184 Å². The summed E-state index contributed by atoms with van der Waals surface area (Å²) in [7, 11) is 0. The maximum absolute atomic E-state index is 13.1. The molecule has 1 aromatic carbocycles. The molecule has 2 fully saturated rings. The number of carbonyl (C=O) groups excluding carboxylic acids is 2. The van der Waals surface area contributed by atoms with Gasteiger partial charge in [-0.2, -0.15) is 0 Å². The molecule has 0 aliphatic carbocycles. The summed E-state index contributed by atoms with van der Waals surface area (Å²) in [4.78, 5) is 33.9. The average Bonchev–Trinajstić information content (AvgIpc) is 3.35. The molecule has 2 saturated heterocycles. The van der Waals surface area contributed by atoms with Crippen molar-refractivity contribution in [3.63, 3.8) is 0 Å². The molecule has 0 radical (unpaired) electrons. The number of hydrogen-bond acceptors (Lipinski definition) is 5. The Morgan fingerprint density at radius 1 is 0.871 bits per heavy atom. The van der Waals surface area contributed by atoms with Crippen molar-refractivity contribution in [3.8, 4) is 0 Å². The fraction of sp³-hybridized carbons (Fsp3) is 0.500. The maximum Gasteiger partial charge on any atom is 0.289 e. The zero-order valence-electron chi connectivity index (χ0n) is 18.7. The number of hydrogen-bond donors (Lipinski definition) is 0. The molecule has 7 heteroatoms. The molecule has 2 aliphatic rings. The van der Waals surface area contributed by atoms with E-state index in [0.29, 0.717) is 31.9 Å². The fourth-order valence-electron chi connectivity index (χ4n) is 4.53. The number of furan rings is 1. The molecule has 0 bridgehead atoms. The Kier molecular flexibility index (Phi) is 6.32. The van der Waals surface area contributed by atoms with E-state index in [2.05, 4.69) is 41.8 Å². The van der Waals surface area contributed by atoms with Crippen molar-refractivity contribution in [1.29, 1.82) is 0 Å². The first-order valence-corrected chi connectivity index (χ1v) is 11.1. The Morgan fingerprint density at radius 3 is 2.19 bits per heavy atom. The molecule has 0 saturated carbocycles. The summed E-state index contributed by atoms with van der Waals surface area (Å²) in [6.45, 7) is 12.1. The number of nitrogens with zero attached hydrogens (tertiary/aromatic N) is 4. The fourth-order valence-corrected chi connectivity index (χ4v) is 4.53. The van der Waals surface area contributed by atoms with Crippen LogP contribution in [0.4, 0.5) is 5.69 Å². The van der Waals surface area contributed by atoms with E-state index in [1.807, 2.05) is 11.8 Å². The summed E-state index contributed by atoms with van der Waals surface area (Å²) in [5.74, 6) is 0.410. The van der Waals surface area contributed by atoms with Crippen LogP contribution in [-0.4, -0.2) is 84.9 Å². The minimum atomic E-state index is -0.145. The molecular formula is C24H32N4O3. The third-order valence-corrected chi connectivity index (χ3v) is 6.75. The van der Waals surface area contributed by atoms with Crippen LogP contribution in [0.3, 0.4) is 0 Å². The van der Waals surface area contributed by atoms with Gasteiger partial charge in [0.25, 0.3) is 5.91 Å². The van der Waals surface area contributed by atoms with Crippen molar-refractivity contribution in [2.45, 2.75) is 26.8 Å². The predicted molar refractivity (Wildman–Crippen MR) is 120 cm³/mol. The van der Waals surface area contributed by atoms with Gasteiger partial charge in [-0.1, -0.05) is 12.1 Å². The number of amides is 2. The molecule has 166 valence electrons. The summed E-state index contributed by atoms with van der Waals surface area (Å²) in [5, 5.41) is 0. The molecule has 0 spiro atoms. The van der Waals surface area contributed by atoms with Crippen molar-refractivity contribution in [1.82, 2.24) is 14.7 Å². The van der Waals surface area contributed by atoms with Gasteiger partial charge in [-0.25, -0.2) is 0 Å². The van der Waals surface area contributed by atoms with Crippen LogP contribution in [0.5, 0.6) is 0 Å². The highest BCUT2D eigenvalue weighted by Gasteiger charge is 2.32. The molecule has 0 unspecified atom stereocenters. The smallest absolute Gasteiger partial charge is 0.289 e. The highest BCUT2D eigenvalue weighted by atomic mass is 16.3. The van der Waals surface area contributed by atoms with Crippen LogP contribution >= 0.6 is 0 Å². The second kappa shape index (κ2) is 9.14. The lowest BCUT2D eigenvalue weighted by Crippen LogP contribution is -2.58. The first kappa shape index (κ1) is 21.4. The van der Waals surface area contributed by atoms with E-state index in [1.165, 1.54) is 23.1 Å². The Balaban J connectivity index is 1.28. The van der Waals surface area contributed by atoms with Gasteiger partial charge < -0.3 is 19.1 Å². The Bertz CT molecular complexity index is 911. The molecular weight excluding hydrogens is 392 g/mol. The Hall–Kier alpha value is -2.80. The van der Waals surface area contributed by atoms with Gasteiger partial charge in [0.2, 0.25) is 5.91 Å². The molecule has 7 nitrogen and oxygen atoms in total. The number of rotatable bonds is 4. The van der Waals surface area contributed by atoms with Crippen LogP contribution in [0.15, 0.2) is 41.0 Å². The molecule has 1 atom stereocenters. The van der Waals surface area contributed by atoms with Crippen molar-refractivity contribution in [3.05, 3.63) is 53.5 Å². The molecule has 2 aromatic rings. The van der Waals surface area contributed by atoms with E-state index in [4.69, 9.17) is 4.42 Å². The third-order valence-electron chi connectivity index (χ3n) is 6.75. The van der Waals surface area contributed by atoms with Crippen LogP contribution in [0.2, 0.25) is 0 Å². The highest BCUT2D eigenvalue weighted by molar-refractivity contribution is 5.91. The minimum Gasteiger partial charge on any atom is -0.459 e. The quantitative estimate of drug-likeness (QED) is 0.754. The first-order chi connectivity index (χ1) is 15.0. The summed E-state index contributed by atoms with van der Waals surface area (Å²) in [6, 6.07) is 9.71. The van der Waals surface area contributed by atoms with Gasteiger partial charge >= 0.3 is 0 Å². The van der Waals surface area contributed by atoms with E-state index in [-0.39, 0.29) is 17.9 Å². The van der Waals surface area contributed by atoms with Crippen LogP contribution in [0.1, 0.15) is 28.6 Å². The largest absolute Gasteiger partial charge is 0.459 e. The molecule has 2 aliphatic heterocycles. The average molecular weight is 425 g/mol. The lowest BCUT2D eigenvalue weighted by Gasteiger charge is -2.41. The van der Waals surface area contributed by atoms with Crippen LogP contribution < -0.4 is 4.90 Å². The van der Waals surface area contributed by atoms with E-state index in [0.717, 1.165) is 26.2 Å². The van der Waals surface area contributed by atoms with E-state index >= 15 is 0 Å².